The number of rotatable bonds is 8. The van der Waals surface area contributed by atoms with E-state index in [-0.39, 0.29) is 18.1 Å². The number of aliphatic hydroxyl groups is 1. The van der Waals surface area contributed by atoms with Crippen LogP contribution in [0.2, 0.25) is 0 Å². The number of ether oxygens (including phenoxy) is 2. The van der Waals surface area contributed by atoms with Crippen molar-refractivity contribution in [2.24, 2.45) is 5.41 Å². The zero-order valence-corrected chi connectivity index (χ0v) is 11.5. The number of aliphatic hydroxyl groups excluding tert-OH is 1. The second kappa shape index (κ2) is 6.69. The lowest BCUT2D eigenvalue weighted by atomic mass is 9.61. The van der Waals surface area contributed by atoms with Crippen LogP contribution in [0, 0.1) is 5.41 Å². The SMILES string of the molecule is CCOC1CC(NC(CO)COC)C1(C)CC. The van der Waals surface area contributed by atoms with Crippen LogP contribution in [0.5, 0.6) is 0 Å². The maximum atomic E-state index is 9.26. The Morgan fingerprint density at radius 3 is 2.65 bits per heavy atom. The fourth-order valence-electron chi connectivity index (χ4n) is 2.65. The van der Waals surface area contributed by atoms with Crippen molar-refractivity contribution >= 4 is 0 Å². The smallest absolute Gasteiger partial charge is 0.0658 e. The molecule has 0 saturated heterocycles. The van der Waals surface area contributed by atoms with Gasteiger partial charge in [-0.05, 0) is 19.8 Å². The van der Waals surface area contributed by atoms with Crippen LogP contribution in [-0.4, -0.2) is 50.2 Å². The zero-order chi connectivity index (χ0) is 12.9. The first-order valence-corrected chi connectivity index (χ1v) is 6.59. The second-order valence-corrected chi connectivity index (χ2v) is 5.09. The van der Waals surface area contributed by atoms with E-state index < -0.39 is 0 Å². The van der Waals surface area contributed by atoms with Crippen LogP contribution in [0.15, 0.2) is 0 Å². The molecule has 4 unspecified atom stereocenters. The maximum absolute atomic E-state index is 9.26. The Morgan fingerprint density at radius 2 is 2.18 bits per heavy atom. The van der Waals surface area contributed by atoms with Crippen LogP contribution < -0.4 is 5.32 Å². The van der Waals surface area contributed by atoms with Crippen molar-refractivity contribution in [2.75, 3.05) is 26.9 Å². The first-order valence-electron chi connectivity index (χ1n) is 6.59. The molecular formula is C13H27NO3. The van der Waals surface area contributed by atoms with E-state index in [1.165, 1.54) is 0 Å². The third kappa shape index (κ3) is 3.19. The van der Waals surface area contributed by atoms with E-state index in [4.69, 9.17) is 9.47 Å². The molecule has 0 aliphatic heterocycles. The highest BCUT2D eigenvalue weighted by molar-refractivity contribution is 5.05. The predicted octanol–water partition coefficient (Wildman–Crippen LogP) is 1.18. The standard InChI is InChI=1S/C13H27NO3/c1-5-13(3)11(7-12(13)17-6-2)14-10(8-15)9-16-4/h10-12,14-15H,5-9H2,1-4H3. The minimum atomic E-state index is 0.0263. The molecule has 0 spiro atoms. The number of hydrogen-bond acceptors (Lipinski definition) is 4. The van der Waals surface area contributed by atoms with Gasteiger partial charge < -0.3 is 19.9 Å². The van der Waals surface area contributed by atoms with Gasteiger partial charge in [-0.1, -0.05) is 13.8 Å². The summed E-state index contributed by atoms with van der Waals surface area (Å²) in [4.78, 5) is 0. The molecule has 1 aliphatic rings. The summed E-state index contributed by atoms with van der Waals surface area (Å²) in [5, 5.41) is 12.7. The molecule has 17 heavy (non-hydrogen) atoms. The summed E-state index contributed by atoms with van der Waals surface area (Å²) in [6, 6.07) is 0.440. The van der Waals surface area contributed by atoms with E-state index in [0.717, 1.165) is 19.4 Å². The van der Waals surface area contributed by atoms with Gasteiger partial charge in [0.25, 0.3) is 0 Å². The highest BCUT2D eigenvalue weighted by Gasteiger charge is 2.51. The summed E-state index contributed by atoms with van der Waals surface area (Å²) >= 11 is 0. The summed E-state index contributed by atoms with van der Waals surface area (Å²) in [5.74, 6) is 0. The molecule has 2 N–H and O–H groups in total. The van der Waals surface area contributed by atoms with E-state index in [9.17, 15) is 5.11 Å². The van der Waals surface area contributed by atoms with Gasteiger partial charge in [0.15, 0.2) is 0 Å². The summed E-state index contributed by atoms with van der Waals surface area (Å²) in [6.45, 7) is 7.93. The van der Waals surface area contributed by atoms with Crippen LogP contribution in [-0.2, 0) is 9.47 Å². The molecule has 4 nitrogen and oxygen atoms in total. The average Bonchev–Trinajstić information content (AvgIpc) is 2.35. The van der Waals surface area contributed by atoms with Crippen molar-refractivity contribution in [2.45, 2.75) is 51.8 Å². The molecule has 102 valence electrons. The molecule has 4 heteroatoms. The van der Waals surface area contributed by atoms with E-state index >= 15 is 0 Å². The molecule has 4 atom stereocenters. The fourth-order valence-corrected chi connectivity index (χ4v) is 2.65. The van der Waals surface area contributed by atoms with E-state index in [1.807, 2.05) is 6.92 Å². The largest absolute Gasteiger partial charge is 0.395 e. The van der Waals surface area contributed by atoms with Crippen LogP contribution in [0.25, 0.3) is 0 Å². The third-order valence-electron chi connectivity index (χ3n) is 4.14. The van der Waals surface area contributed by atoms with Crippen LogP contribution >= 0.6 is 0 Å². The lowest BCUT2D eigenvalue weighted by Crippen LogP contribution is -2.64. The highest BCUT2D eigenvalue weighted by atomic mass is 16.5. The molecule has 1 fully saturated rings. The summed E-state index contributed by atoms with van der Waals surface area (Å²) < 4.78 is 10.8. The molecule has 0 radical (unpaired) electrons. The Balaban J connectivity index is 2.50. The molecule has 1 aliphatic carbocycles. The number of nitrogens with one attached hydrogen (secondary N) is 1. The Labute approximate surface area is 105 Å². The van der Waals surface area contributed by atoms with Crippen molar-refractivity contribution in [3.63, 3.8) is 0 Å². The van der Waals surface area contributed by atoms with Gasteiger partial charge in [0, 0.05) is 25.2 Å². The van der Waals surface area contributed by atoms with Crippen LogP contribution in [0.4, 0.5) is 0 Å². The van der Waals surface area contributed by atoms with E-state index in [0.29, 0.717) is 18.8 Å². The summed E-state index contributed by atoms with van der Waals surface area (Å²) in [5.41, 5.74) is 0.178. The molecule has 1 rings (SSSR count). The van der Waals surface area contributed by atoms with Crippen molar-refractivity contribution < 1.29 is 14.6 Å². The van der Waals surface area contributed by atoms with Gasteiger partial charge in [0.2, 0.25) is 0 Å². The molecule has 0 aromatic rings. The van der Waals surface area contributed by atoms with Gasteiger partial charge in [0.1, 0.15) is 0 Å². The molecule has 0 heterocycles. The molecule has 0 bridgehead atoms. The summed E-state index contributed by atoms with van der Waals surface area (Å²) in [7, 11) is 1.66. The quantitative estimate of drug-likeness (QED) is 0.674. The molecule has 1 saturated carbocycles. The monoisotopic (exact) mass is 245 g/mol. The first-order chi connectivity index (χ1) is 8.12. The lowest BCUT2D eigenvalue weighted by molar-refractivity contribution is -0.130. The minimum Gasteiger partial charge on any atom is -0.395 e. The molecule has 0 aromatic heterocycles. The normalized spacial score (nSPS) is 34.4. The maximum Gasteiger partial charge on any atom is 0.0658 e. The van der Waals surface area contributed by atoms with Crippen LogP contribution in [0.3, 0.4) is 0 Å². The first kappa shape index (κ1) is 14.9. The fraction of sp³-hybridized carbons (Fsp3) is 1.00. The van der Waals surface area contributed by atoms with E-state index in [1.54, 1.807) is 7.11 Å². The Kier molecular flexibility index (Phi) is 5.86. The lowest BCUT2D eigenvalue weighted by Gasteiger charge is -2.54. The number of hydrogen-bond donors (Lipinski definition) is 2. The van der Waals surface area contributed by atoms with Gasteiger partial charge in [-0.15, -0.1) is 0 Å². The topological polar surface area (TPSA) is 50.7 Å². The van der Waals surface area contributed by atoms with Gasteiger partial charge in [-0.3, -0.25) is 0 Å². The average molecular weight is 245 g/mol. The Morgan fingerprint density at radius 1 is 1.47 bits per heavy atom. The van der Waals surface area contributed by atoms with Gasteiger partial charge >= 0.3 is 0 Å². The zero-order valence-electron chi connectivity index (χ0n) is 11.5. The van der Waals surface area contributed by atoms with Gasteiger partial charge in [-0.25, -0.2) is 0 Å². The second-order valence-electron chi connectivity index (χ2n) is 5.09. The van der Waals surface area contributed by atoms with Crippen LogP contribution in [0.1, 0.15) is 33.6 Å². The Hall–Kier alpha value is -0.160. The minimum absolute atomic E-state index is 0.0263. The molecule has 0 amide bonds. The summed E-state index contributed by atoms with van der Waals surface area (Å²) in [6.07, 6.45) is 2.45. The third-order valence-corrected chi connectivity index (χ3v) is 4.14. The molecular weight excluding hydrogens is 218 g/mol. The highest BCUT2D eigenvalue weighted by Crippen LogP contribution is 2.46. The van der Waals surface area contributed by atoms with Crippen molar-refractivity contribution in [1.82, 2.24) is 5.32 Å². The van der Waals surface area contributed by atoms with Gasteiger partial charge in [0.05, 0.1) is 25.4 Å². The van der Waals surface area contributed by atoms with E-state index in [2.05, 4.69) is 19.2 Å². The predicted molar refractivity (Wildman–Crippen MR) is 68.1 cm³/mol. The van der Waals surface area contributed by atoms with Gasteiger partial charge in [-0.2, -0.15) is 0 Å². The van der Waals surface area contributed by atoms with Crippen molar-refractivity contribution in [3.05, 3.63) is 0 Å². The number of methoxy groups -OCH3 is 1. The molecule has 0 aromatic carbocycles. The van der Waals surface area contributed by atoms with Crippen molar-refractivity contribution in [1.29, 1.82) is 0 Å². The Bertz CT molecular complexity index is 225. The van der Waals surface area contributed by atoms with Crippen molar-refractivity contribution in [3.8, 4) is 0 Å².